The first kappa shape index (κ1) is 14.5. The van der Waals surface area contributed by atoms with E-state index in [0.717, 1.165) is 29.4 Å². The molecule has 2 heterocycles. The monoisotopic (exact) mass is 290 g/mol. The summed E-state index contributed by atoms with van der Waals surface area (Å²) in [7, 11) is 0. The molecule has 0 atom stereocenters. The van der Waals surface area contributed by atoms with Crippen molar-refractivity contribution in [3.05, 3.63) is 40.0 Å². The van der Waals surface area contributed by atoms with E-state index in [9.17, 15) is 4.79 Å². The minimum Gasteiger partial charge on any atom is -0.370 e. The molecule has 0 spiro atoms. The average Bonchev–Trinajstić information content (AvgIpc) is 2.95. The molecule has 0 aliphatic carbocycles. The summed E-state index contributed by atoms with van der Waals surface area (Å²) in [6, 6.07) is 3.57. The Morgan fingerprint density at radius 3 is 2.95 bits per heavy atom. The largest absolute Gasteiger partial charge is 0.370 e. The number of carbonyl (C=O) groups is 1. The molecule has 0 fully saturated rings. The van der Waals surface area contributed by atoms with Gasteiger partial charge >= 0.3 is 0 Å². The Labute approximate surface area is 122 Å². The molecule has 0 aromatic carbocycles. The van der Waals surface area contributed by atoms with Crippen molar-refractivity contribution < 1.29 is 4.79 Å². The summed E-state index contributed by atoms with van der Waals surface area (Å²) in [6.07, 6.45) is 2.78. The zero-order chi connectivity index (χ0) is 14.4. The molecule has 0 saturated carbocycles. The second-order valence-corrected chi connectivity index (χ2v) is 5.43. The quantitative estimate of drug-likeness (QED) is 0.858. The van der Waals surface area contributed by atoms with E-state index >= 15 is 0 Å². The van der Waals surface area contributed by atoms with Crippen LogP contribution in [0.25, 0.3) is 0 Å². The van der Waals surface area contributed by atoms with Crippen molar-refractivity contribution >= 4 is 23.1 Å². The molecule has 0 unspecified atom stereocenters. The summed E-state index contributed by atoms with van der Waals surface area (Å²) in [6.45, 7) is 5.32. The van der Waals surface area contributed by atoms with Gasteiger partial charge < -0.3 is 10.6 Å². The zero-order valence-corrected chi connectivity index (χ0v) is 12.5. The third kappa shape index (κ3) is 4.03. The lowest BCUT2D eigenvalue weighted by molar-refractivity contribution is 0.0951. The fourth-order valence-electron chi connectivity index (χ4n) is 1.74. The van der Waals surface area contributed by atoms with Crippen LogP contribution in [0, 0.1) is 6.92 Å². The molecule has 1 amide bonds. The van der Waals surface area contributed by atoms with Crippen molar-refractivity contribution in [1.29, 1.82) is 0 Å². The van der Waals surface area contributed by atoms with Crippen LogP contribution in [-0.4, -0.2) is 22.4 Å². The molecule has 5 nitrogen and oxygen atoms in total. The SMILES string of the molecule is CCCNc1cc(C(=O)NCc2cncs2)cc(C)n1. The Kier molecular flexibility index (Phi) is 5.06. The van der Waals surface area contributed by atoms with Crippen LogP contribution in [0.1, 0.15) is 34.3 Å². The van der Waals surface area contributed by atoms with Crippen LogP contribution in [0.4, 0.5) is 5.82 Å². The number of anilines is 1. The summed E-state index contributed by atoms with van der Waals surface area (Å²) < 4.78 is 0. The van der Waals surface area contributed by atoms with Crippen LogP contribution in [0.2, 0.25) is 0 Å². The number of nitrogens with zero attached hydrogens (tertiary/aromatic N) is 2. The van der Waals surface area contributed by atoms with E-state index in [2.05, 4.69) is 27.5 Å². The number of aromatic nitrogens is 2. The van der Waals surface area contributed by atoms with Crippen LogP contribution in [-0.2, 0) is 6.54 Å². The van der Waals surface area contributed by atoms with E-state index in [-0.39, 0.29) is 5.91 Å². The lowest BCUT2D eigenvalue weighted by atomic mass is 10.2. The third-order valence-corrected chi connectivity index (χ3v) is 3.46. The van der Waals surface area contributed by atoms with Gasteiger partial charge in [0.1, 0.15) is 5.82 Å². The standard InChI is InChI=1S/C14H18N4OS/c1-3-4-16-13-6-11(5-10(2)18-13)14(19)17-8-12-7-15-9-20-12/h5-7,9H,3-4,8H2,1-2H3,(H,16,18)(H,17,19). The molecule has 6 heteroatoms. The number of amides is 1. The molecule has 106 valence electrons. The Balaban J connectivity index is 2.02. The van der Waals surface area contributed by atoms with Gasteiger partial charge in [0.25, 0.3) is 5.91 Å². The fraction of sp³-hybridized carbons (Fsp3) is 0.357. The number of hydrogen-bond acceptors (Lipinski definition) is 5. The first-order valence-corrected chi connectivity index (χ1v) is 7.45. The van der Waals surface area contributed by atoms with Crippen molar-refractivity contribution in [1.82, 2.24) is 15.3 Å². The molecule has 2 N–H and O–H groups in total. The predicted molar refractivity (Wildman–Crippen MR) is 81.0 cm³/mol. The van der Waals surface area contributed by atoms with E-state index in [4.69, 9.17) is 0 Å². The van der Waals surface area contributed by atoms with Gasteiger partial charge in [0.05, 0.1) is 12.1 Å². The van der Waals surface area contributed by atoms with Crippen LogP contribution in [0.3, 0.4) is 0 Å². The molecule has 0 aliphatic heterocycles. The summed E-state index contributed by atoms with van der Waals surface area (Å²) in [5, 5.41) is 6.09. The molecule has 2 aromatic heterocycles. The molecule has 2 aromatic rings. The second-order valence-electron chi connectivity index (χ2n) is 4.46. The fourth-order valence-corrected chi connectivity index (χ4v) is 2.28. The number of nitrogens with one attached hydrogen (secondary N) is 2. The van der Waals surface area contributed by atoms with Gasteiger partial charge in [-0.15, -0.1) is 11.3 Å². The van der Waals surface area contributed by atoms with E-state index in [1.807, 2.05) is 6.92 Å². The molecular weight excluding hydrogens is 272 g/mol. The first-order valence-electron chi connectivity index (χ1n) is 6.57. The molecule has 2 rings (SSSR count). The minimum atomic E-state index is -0.0940. The average molecular weight is 290 g/mol. The maximum Gasteiger partial charge on any atom is 0.251 e. The summed E-state index contributed by atoms with van der Waals surface area (Å²) in [5.41, 5.74) is 3.21. The molecule has 0 saturated heterocycles. The van der Waals surface area contributed by atoms with Crippen LogP contribution in [0.15, 0.2) is 23.8 Å². The number of thiazole rings is 1. The number of aryl methyl sites for hydroxylation is 1. The number of carbonyl (C=O) groups excluding carboxylic acids is 1. The highest BCUT2D eigenvalue weighted by atomic mass is 32.1. The van der Waals surface area contributed by atoms with Crippen molar-refractivity contribution in [2.45, 2.75) is 26.8 Å². The van der Waals surface area contributed by atoms with E-state index in [1.54, 1.807) is 23.8 Å². The van der Waals surface area contributed by atoms with Crippen LogP contribution < -0.4 is 10.6 Å². The van der Waals surface area contributed by atoms with Crippen LogP contribution >= 0.6 is 11.3 Å². The highest BCUT2D eigenvalue weighted by Crippen LogP contribution is 2.11. The Morgan fingerprint density at radius 2 is 2.25 bits per heavy atom. The lowest BCUT2D eigenvalue weighted by Crippen LogP contribution is -2.22. The smallest absolute Gasteiger partial charge is 0.251 e. The molecule has 0 radical (unpaired) electrons. The van der Waals surface area contributed by atoms with Crippen molar-refractivity contribution in [2.24, 2.45) is 0 Å². The molecule has 0 bridgehead atoms. The van der Waals surface area contributed by atoms with E-state index < -0.39 is 0 Å². The van der Waals surface area contributed by atoms with E-state index in [0.29, 0.717) is 12.1 Å². The summed E-state index contributed by atoms with van der Waals surface area (Å²) in [4.78, 5) is 21.5. The van der Waals surface area contributed by atoms with Gasteiger partial charge in [-0.05, 0) is 25.5 Å². The number of pyridine rings is 1. The third-order valence-electron chi connectivity index (χ3n) is 2.68. The number of rotatable bonds is 6. The predicted octanol–water partition coefficient (Wildman–Crippen LogP) is 2.60. The normalized spacial score (nSPS) is 10.3. The van der Waals surface area contributed by atoms with E-state index in [1.165, 1.54) is 11.3 Å². The van der Waals surface area contributed by atoms with Crippen LogP contribution in [0.5, 0.6) is 0 Å². The van der Waals surface area contributed by atoms with Gasteiger partial charge in [-0.3, -0.25) is 9.78 Å². The van der Waals surface area contributed by atoms with Gasteiger partial charge in [-0.25, -0.2) is 4.98 Å². The van der Waals surface area contributed by atoms with Crippen molar-refractivity contribution in [3.63, 3.8) is 0 Å². The topological polar surface area (TPSA) is 66.9 Å². The number of hydrogen-bond donors (Lipinski definition) is 2. The Hall–Kier alpha value is -1.95. The van der Waals surface area contributed by atoms with Gasteiger partial charge in [-0.2, -0.15) is 0 Å². The Morgan fingerprint density at radius 1 is 1.40 bits per heavy atom. The van der Waals surface area contributed by atoms with Gasteiger partial charge in [0.15, 0.2) is 0 Å². The van der Waals surface area contributed by atoms with Gasteiger partial charge in [0, 0.05) is 28.9 Å². The Bertz CT molecular complexity index is 569. The minimum absolute atomic E-state index is 0.0940. The summed E-state index contributed by atoms with van der Waals surface area (Å²) in [5.74, 6) is 0.651. The van der Waals surface area contributed by atoms with Crippen molar-refractivity contribution in [2.75, 3.05) is 11.9 Å². The zero-order valence-electron chi connectivity index (χ0n) is 11.6. The molecular formula is C14H18N4OS. The highest BCUT2D eigenvalue weighted by molar-refractivity contribution is 7.09. The summed E-state index contributed by atoms with van der Waals surface area (Å²) >= 11 is 1.53. The lowest BCUT2D eigenvalue weighted by Gasteiger charge is -2.08. The maximum absolute atomic E-state index is 12.1. The van der Waals surface area contributed by atoms with Gasteiger partial charge in [-0.1, -0.05) is 6.92 Å². The maximum atomic E-state index is 12.1. The first-order chi connectivity index (χ1) is 9.69. The van der Waals surface area contributed by atoms with Gasteiger partial charge in [0.2, 0.25) is 0 Å². The van der Waals surface area contributed by atoms with Crippen molar-refractivity contribution in [3.8, 4) is 0 Å². The molecule has 20 heavy (non-hydrogen) atoms. The second kappa shape index (κ2) is 7.00. The highest BCUT2D eigenvalue weighted by Gasteiger charge is 2.08. The molecule has 0 aliphatic rings.